The minimum atomic E-state index is -2.62. The van der Waals surface area contributed by atoms with Crippen molar-refractivity contribution in [2.24, 2.45) is 0 Å². The van der Waals surface area contributed by atoms with E-state index in [0.29, 0.717) is 9.34 Å². The molecule has 0 aromatic heterocycles. The van der Waals surface area contributed by atoms with Gasteiger partial charge in [0.15, 0.2) is 9.34 Å². The molecule has 8 heteroatoms. The molecule has 0 heterocycles. The van der Waals surface area contributed by atoms with Crippen LogP contribution >= 0.6 is 72.0 Å². The van der Waals surface area contributed by atoms with Gasteiger partial charge in [-0.25, -0.2) is 4.57 Å². The first-order valence-electron chi connectivity index (χ1n) is 4.40. The van der Waals surface area contributed by atoms with Gasteiger partial charge in [0.05, 0.1) is 0 Å². The molecule has 0 amide bonds. The van der Waals surface area contributed by atoms with E-state index < -0.39 is 8.25 Å². The van der Waals surface area contributed by atoms with E-state index in [0.717, 1.165) is 21.8 Å². The number of halogens is 4. The van der Waals surface area contributed by atoms with Crippen LogP contribution in [0.25, 0.3) is 0 Å². The summed E-state index contributed by atoms with van der Waals surface area (Å²) in [6.45, 7) is 3.88. The van der Waals surface area contributed by atoms with Gasteiger partial charge in [0, 0.05) is 8.96 Å². The Kier molecular flexibility index (Phi) is 9.91. The fraction of sp³-hybridized carbons (Fsp3) is 0.500. The van der Waals surface area contributed by atoms with Crippen LogP contribution in [0, 0.1) is 0 Å². The topological polar surface area (TPSA) is 35.5 Å². The van der Waals surface area contributed by atoms with Crippen molar-refractivity contribution in [1.82, 2.24) is 0 Å². The van der Waals surface area contributed by atoms with Crippen LogP contribution in [0.1, 0.15) is 26.7 Å². The highest BCUT2D eigenvalue weighted by molar-refractivity contribution is 9.14. The third-order valence-corrected chi connectivity index (χ3v) is 6.92. The molecule has 0 bridgehead atoms. The second kappa shape index (κ2) is 9.20. The van der Waals surface area contributed by atoms with E-state index in [1.165, 1.54) is 0 Å². The van der Waals surface area contributed by atoms with E-state index in [9.17, 15) is 4.57 Å². The Bertz CT molecular complexity index is 297. The van der Waals surface area contributed by atoms with Crippen LogP contribution in [0.5, 0.6) is 0 Å². The maximum Gasteiger partial charge on any atom is 0.420 e. The van der Waals surface area contributed by atoms with Gasteiger partial charge in [0.25, 0.3) is 0 Å². The van der Waals surface area contributed by atoms with Gasteiger partial charge >= 0.3 is 8.25 Å². The zero-order chi connectivity index (χ0) is 12.7. The van der Waals surface area contributed by atoms with Crippen molar-refractivity contribution in [2.45, 2.75) is 26.7 Å². The Labute approximate surface area is 129 Å². The van der Waals surface area contributed by atoms with Crippen molar-refractivity contribution in [3.63, 3.8) is 0 Å². The van der Waals surface area contributed by atoms with E-state index in [-0.39, 0.29) is 0 Å². The lowest BCUT2D eigenvalue weighted by molar-refractivity contribution is 0.345. The van der Waals surface area contributed by atoms with Crippen molar-refractivity contribution in [3.8, 4) is 0 Å². The first-order valence-corrected chi connectivity index (χ1v) is 8.79. The molecule has 3 nitrogen and oxygen atoms in total. The summed E-state index contributed by atoms with van der Waals surface area (Å²) in [6, 6.07) is 0. The fourth-order valence-corrected chi connectivity index (χ4v) is 2.95. The quantitative estimate of drug-likeness (QED) is 0.321. The molecule has 0 aromatic carbocycles. The van der Waals surface area contributed by atoms with Crippen molar-refractivity contribution in [1.29, 1.82) is 0 Å². The van der Waals surface area contributed by atoms with Crippen LogP contribution in [0.2, 0.25) is 0 Å². The summed E-state index contributed by atoms with van der Waals surface area (Å²) in [6.07, 6.45) is 1.48. The highest BCUT2D eigenvalue weighted by Gasteiger charge is 2.09. The predicted molar refractivity (Wildman–Crippen MR) is 81.5 cm³/mol. The summed E-state index contributed by atoms with van der Waals surface area (Å²) >= 11 is 12.9. The lowest BCUT2D eigenvalue weighted by Gasteiger charge is -2.08. The molecule has 94 valence electrons. The average Bonchev–Trinajstić information content (AvgIpc) is 2.26. The standard InChI is InChI=1S/C8H11Br4O3P/c1-3-5(9)7(11)14-16(13)15-8(12)6(10)4-2/h16H,3-4H2,1-2H3/b7-5+,8-6+. The van der Waals surface area contributed by atoms with Gasteiger partial charge in [-0.2, -0.15) is 0 Å². The first kappa shape index (κ1) is 17.2. The van der Waals surface area contributed by atoms with Crippen molar-refractivity contribution < 1.29 is 13.6 Å². The molecular weight excluding hydrogens is 495 g/mol. The number of rotatable bonds is 6. The van der Waals surface area contributed by atoms with Crippen LogP contribution < -0.4 is 0 Å². The Balaban J connectivity index is 4.42. The summed E-state index contributed by atoms with van der Waals surface area (Å²) in [7, 11) is -2.62. The summed E-state index contributed by atoms with van der Waals surface area (Å²) in [5, 5.41) is 0. The second-order valence-electron chi connectivity index (χ2n) is 2.52. The Morgan fingerprint density at radius 1 is 0.938 bits per heavy atom. The lowest BCUT2D eigenvalue weighted by Crippen LogP contribution is -1.83. The zero-order valence-electron chi connectivity index (χ0n) is 8.65. The molecule has 0 aromatic rings. The molecule has 0 unspecified atom stereocenters. The van der Waals surface area contributed by atoms with Crippen molar-refractivity contribution in [2.75, 3.05) is 0 Å². The van der Waals surface area contributed by atoms with Gasteiger partial charge in [0.2, 0.25) is 0 Å². The van der Waals surface area contributed by atoms with E-state index in [2.05, 4.69) is 63.7 Å². The van der Waals surface area contributed by atoms with Gasteiger partial charge in [-0.05, 0) is 44.7 Å². The summed E-state index contributed by atoms with van der Waals surface area (Å²) in [5.41, 5.74) is 0. The molecule has 0 radical (unpaired) electrons. The first-order chi connectivity index (χ1) is 7.42. The predicted octanol–water partition coefficient (Wildman–Crippen LogP) is 6.15. The molecule has 0 aliphatic rings. The Morgan fingerprint density at radius 2 is 1.25 bits per heavy atom. The van der Waals surface area contributed by atoms with E-state index in [4.69, 9.17) is 9.05 Å². The molecule has 0 aliphatic carbocycles. The van der Waals surface area contributed by atoms with Gasteiger partial charge in [-0.1, -0.05) is 45.7 Å². The SMILES string of the molecule is CC/C(Br)=C(/Br)O[PH](=O)O/C(Br)=C(/Br)CC. The molecule has 0 fully saturated rings. The largest absolute Gasteiger partial charge is 0.420 e. The maximum absolute atomic E-state index is 11.5. The zero-order valence-corrected chi connectivity index (χ0v) is 16.0. The minimum absolute atomic E-state index is 0.395. The fourth-order valence-electron chi connectivity index (χ4n) is 0.556. The third kappa shape index (κ3) is 6.84. The van der Waals surface area contributed by atoms with Gasteiger partial charge < -0.3 is 9.05 Å². The summed E-state index contributed by atoms with van der Waals surface area (Å²) < 4.78 is 24.0. The molecule has 0 saturated carbocycles. The molecule has 0 aliphatic heterocycles. The summed E-state index contributed by atoms with van der Waals surface area (Å²) in [4.78, 5) is 0. The van der Waals surface area contributed by atoms with Crippen LogP contribution in [-0.2, 0) is 13.6 Å². The summed E-state index contributed by atoms with van der Waals surface area (Å²) in [5.74, 6) is 0. The number of hydrogen-bond donors (Lipinski definition) is 0. The second-order valence-corrected chi connectivity index (χ2v) is 6.78. The normalized spacial score (nSPS) is 14.4. The van der Waals surface area contributed by atoms with E-state index in [1.807, 2.05) is 13.8 Å². The molecule has 0 spiro atoms. The minimum Gasteiger partial charge on any atom is -0.409 e. The molecule has 0 atom stereocenters. The average molecular weight is 506 g/mol. The molecule has 16 heavy (non-hydrogen) atoms. The van der Waals surface area contributed by atoms with Crippen LogP contribution in [0.4, 0.5) is 0 Å². The van der Waals surface area contributed by atoms with Gasteiger partial charge in [-0.15, -0.1) is 0 Å². The Morgan fingerprint density at radius 3 is 1.50 bits per heavy atom. The molecule has 0 saturated heterocycles. The van der Waals surface area contributed by atoms with Gasteiger partial charge in [0.1, 0.15) is 0 Å². The van der Waals surface area contributed by atoms with Crippen molar-refractivity contribution >= 4 is 72.0 Å². The molecular formula is C8H11Br4O3P. The van der Waals surface area contributed by atoms with Gasteiger partial charge in [-0.3, -0.25) is 0 Å². The van der Waals surface area contributed by atoms with Crippen LogP contribution in [0.3, 0.4) is 0 Å². The number of hydrogen-bond acceptors (Lipinski definition) is 3. The molecule has 0 rings (SSSR count). The number of allylic oxidation sites excluding steroid dienone is 2. The van der Waals surface area contributed by atoms with Crippen LogP contribution in [0.15, 0.2) is 18.3 Å². The van der Waals surface area contributed by atoms with Crippen molar-refractivity contribution in [3.05, 3.63) is 18.3 Å². The monoisotopic (exact) mass is 502 g/mol. The van der Waals surface area contributed by atoms with E-state index in [1.54, 1.807) is 0 Å². The van der Waals surface area contributed by atoms with E-state index >= 15 is 0 Å². The lowest BCUT2D eigenvalue weighted by atomic mass is 10.5. The molecule has 0 N–H and O–H groups in total. The van der Waals surface area contributed by atoms with Crippen LogP contribution in [-0.4, -0.2) is 0 Å². The maximum atomic E-state index is 11.5. The third-order valence-electron chi connectivity index (χ3n) is 1.39. The highest BCUT2D eigenvalue weighted by atomic mass is 79.9. The highest BCUT2D eigenvalue weighted by Crippen LogP contribution is 2.39. The Hall–Kier alpha value is 1.23. The smallest absolute Gasteiger partial charge is 0.409 e.